The molecule has 6 N–H and O–H groups in total. The van der Waals surface area contributed by atoms with E-state index in [0.29, 0.717) is 75.6 Å². The van der Waals surface area contributed by atoms with Crippen LogP contribution in [-0.4, -0.2) is 138 Å². The number of nitrogens with one attached hydrogen (secondary N) is 6. The van der Waals surface area contributed by atoms with Crippen molar-refractivity contribution < 1.29 is 33.5 Å². The third kappa shape index (κ3) is 11.8. The molecule has 6 heterocycles. The SMILES string of the molecule is CN[C@@H](C)C(=O)N[C@H]1CC[C@@H](n2cc(COCc3cn([C@@H]4CC[C@H](NC(=O)[C@H](C)NC)C(=O)N5C(CC[C@H]5C(=O)N[C@@H]5CCCc6ccccc65)C4)nn3)nn2)CC2CC[C@@H](C(=O)N[C@H]3CCCc4ccccc43)N2C1=O. The average molecular weight is 1060 g/mol. The fourth-order valence-corrected chi connectivity index (χ4v) is 12.9. The van der Waals surface area contributed by atoms with E-state index in [1.54, 1.807) is 37.7 Å². The van der Waals surface area contributed by atoms with Crippen molar-refractivity contribution in [1.82, 2.24) is 71.7 Å². The minimum atomic E-state index is -0.822. The van der Waals surface area contributed by atoms with E-state index >= 15 is 0 Å². The fourth-order valence-electron chi connectivity index (χ4n) is 12.9. The molecule has 4 fully saturated rings. The number of fused-ring (bicyclic) bond motifs is 4. The third-order valence-electron chi connectivity index (χ3n) is 17.4. The standard InChI is InChI=1S/C56H76N14O7/c1-33(57-3)51(71)61-47-23-19-39(27-41-21-25-49(69(41)55(47)75)53(73)59-45-17-9-13-35-11-5-7-15-43(35)45)67-29-37(63-65-67)31-77-32-38-30-68(66-64-38)40-20-24-48(62-52(72)34(2)58-4)56(76)70-42(28-40)22-26-50(70)54(74)60-46-18-10-14-36-12-6-8-16-44(36)46/h5-8,11-12,15-16,29-30,33-34,39-42,45-50,57-58H,9-10,13-14,17-28,31-32H2,1-4H3,(H,59,73)(H,60,74)(H,61,71)(H,62,72)/t33-,34-,39+,40+,41?,42?,45-,46+,47-,48-,49-,50-/m0/s1. The summed E-state index contributed by atoms with van der Waals surface area (Å²) in [5, 5.41) is 36.6. The van der Waals surface area contributed by atoms with E-state index in [1.165, 1.54) is 11.1 Å². The summed E-state index contributed by atoms with van der Waals surface area (Å²) < 4.78 is 9.82. The molecule has 4 aliphatic heterocycles. The van der Waals surface area contributed by atoms with Gasteiger partial charge in [-0.3, -0.25) is 28.8 Å². The van der Waals surface area contributed by atoms with Crippen LogP contribution in [0, 0.1) is 0 Å². The van der Waals surface area contributed by atoms with Gasteiger partial charge < -0.3 is 46.4 Å². The Kier molecular flexibility index (Phi) is 16.8. The first-order chi connectivity index (χ1) is 37.4. The van der Waals surface area contributed by atoms with Gasteiger partial charge in [-0.2, -0.15) is 0 Å². The van der Waals surface area contributed by atoms with E-state index < -0.39 is 36.3 Å². The minimum absolute atomic E-state index is 0.125. The van der Waals surface area contributed by atoms with Crippen LogP contribution in [0.4, 0.5) is 0 Å². The summed E-state index contributed by atoms with van der Waals surface area (Å²) in [6.45, 7) is 3.78. The number of likely N-dealkylation sites (N-methyl/N-ethyl adjacent to an activating group) is 2. The minimum Gasteiger partial charge on any atom is -0.369 e. The van der Waals surface area contributed by atoms with Crippen molar-refractivity contribution in [3.63, 3.8) is 0 Å². The molecule has 6 aliphatic rings. The smallest absolute Gasteiger partial charge is 0.246 e. The number of nitrogens with zero attached hydrogens (tertiary/aromatic N) is 8. The Hall–Kier alpha value is -6.58. The van der Waals surface area contributed by atoms with E-state index in [2.05, 4.69) is 76.8 Å². The summed E-state index contributed by atoms with van der Waals surface area (Å²) in [7, 11) is 3.40. The van der Waals surface area contributed by atoms with Crippen LogP contribution in [0.25, 0.3) is 0 Å². The Labute approximate surface area is 450 Å². The number of rotatable bonds is 16. The van der Waals surface area contributed by atoms with Crippen molar-refractivity contribution in [3.8, 4) is 0 Å². The van der Waals surface area contributed by atoms with Crippen LogP contribution in [0.1, 0.15) is 162 Å². The molecule has 0 bridgehead atoms. The molecule has 0 spiro atoms. The number of amides is 6. The van der Waals surface area contributed by atoms with Crippen LogP contribution in [0.3, 0.4) is 0 Å². The maximum absolute atomic E-state index is 14.5. The summed E-state index contributed by atoms with van der Waals surface area (Å²) in [6.07, 6.45) is 14.5. The average Bonchev–Trinajstić information content (AvgIpc) is 4.31. The van der Waals surface area contributed by atoms with Crippen LogP contribution >= 0.6 is 0 Å². The number of hydrogen-bond donors (Lipinski definition) is 6. The summed E-state index contributed by atoms with van der Waals surface area (Å²) in [6, 6.07) is 11.4. The second-order valence-electron chi connectivity index (χ2n) is 22.2. The van der Waals surface area contributed by atoms with Gasteiger partial charge in [0.1, 0.15) is 35.6 Å². The molecule has 2 aromatic heterocycles. The van der Waals surface area contributed by atoms with E-state index in [4.69, 9.17) is 4.74 Å². The second kappa shape index (κ2) is 24.0. The maximum Gasteiger partial charge on any atom is 0.246 e. The molecule has 12 atom stereocenters. The predicted molar refractivity (Wildman–Crippen MR) is 283 cm³/mol. The quantitative estimate of drug-likeness (QED) is 0.0944. The number of hydrogen-bond acceptors (Lipinski definition) is 13. The fraction of sp³-hybridized carbons (Fsp3) is 0.607. The molecule has 412 valence electrons. The number of aromatic nitrogens is 6. The lowest BCUT2D eigenvalue weighted by Crippen LogP contribution is -2.58. The van der Waals surface area contributed by atoms with Crippen LogP contribution in [0.15, 0.2) is 60.9 Å². The largest absolute Gasteiger partial charge is 0.369 e. The van der Waals surface area contributed by atoms with Crippen molar-refractivity contribution >= 4 is 35.4 Å². The molecule has 21 nitrogen and oxygen atoms in total. The topological polar surface area (TPSA) is 252 Å². The van der Waals surface area contributed by atoms with Gasteiger partial charge in [0.15, 0.2) is 0 Å². The lowest BCUT2D eigenvalue weighted by atomic mass is 9.87. The first kappa shape index (κ1) is 53.8. The molecule has 0 saturated carbocycles. The van der Waals surface area contributed by atoms with Gasteiger partial charge in [0.05, 0.1) is 61.9 Å². The molecular formula is C56H76N14O7. The first-order valence-electron chi connectivity index (χ1n) is 28.1. The Morgan fingerprint density at radius 3 is 1.39 bits per heavy atom. The predicted octanol–water partition coefficient (Wildman–Crippen LogP) is 3.33. The summed E-state index contributed by atoms with van der Waals surface area (Å²) in [5.74, 6) is -1.37. The molecule has 10 rings (SSSR count). The maximum atomic E-state index is 14.5. The summed E-state index contributed by atoms with van der Waals surface area (Å²) >= 11 is 0. The lowest BCUT2D eigenvalue weighted by Gasteiger charge is -2.38. The number of aryl methyl sites for hydroxylation is 2. The Bertz CT molecular complexity index is 2600. The molecule has 0 radical (unpaired) electrons. The number of ether oxygens (including phenoxy) is 1. The molecule has 6 amide bonds. The molecule has 2 unspecified atom stereocenters. The number of benzene rings is 2. The number of carbonyl (C=O) groups is 6. The third-order valence-corrected chi connectivity index (χ3v) is 17.4. The highest BCUT2D eigenvalue weighted by atomic mass is 16.5. The van der Waals surface area contributed by atoms with Gasteiger partial charge in [-0.05, 0) is 153 Å². The van der Waals surface area contributed by atoms with Gasteiger partial charge in [-0.1, -0.05) is 59.0 Å². The van der Waals surface area contributed by atoms with E-state index in [9.17, 15) is 28.8 Å². The van der Waals surface area contributed by atoms with Gasteiger partial charge in [0.2, 0.25) is 35.4 Å². The van der Waals surface area contributed by atoms with Crippen molar-refractivity contribution in [2.45, 2.75) is 202 Å². The normalized spacial score (nSPS) is 28.1. The van der Waals surface area contributed by atoms with Gasteiger partial charge in [-0.15, -0.1) is 10.2 Å². The Morgan fingerprint density at radius 1 is 0.545 bits per heavy atom. The Morgan fingerprint density at radius 2 is 0.961 bits per heavy atom. The van der Waals surface area contributed by atoms with E-state index in [-0.39, 0.29) is 84.9 Å². The highest BCUT2D eigenvalue weighted by Gasteiger charge is 2.48. The van der Waals surface area contributed by atoms with Crippen LogP contribution in [0.2, 0.25) is 0 Å². The molecule has 2 aromatic carbocycles. The van der Waals surface area contributed by atoms with Crippen molar-refractivity contribution in [2.75, 3.05) is 14.1 Å². The van der Waals surface area contributed by atoms with Crippen molar-refractivity contribution in [3.05, 3.63) is 94.6 Å². The second-order valence-corrected chi connectivity index (χ2v) is 22.2. The zero-order valence-corrected chi connectivity index (χ0v) is 44.9. The molecule has 21 heteroatoms. The zero-order chi connectivity index (χ0) is 53.7. The summed E-state index contributed by atoms with van der Waals surface area (Å²) in [5.41, 5.74) is 5.96. The van der Waals surface area contributed by atoms with Crippen LogP contribution < -0.4 is 31.9 Å². The van der Waals surface area contributed by atoms with Crippen molar-refractivity contribution in [2.24, 2.45) is 0 Å². The van der Waals surface area contributed by atoms with Gasteiger partial charge in [0.25, 0.3) is 0 Å². The van der Waals surface area contributed by atoms with E-state index in [1.807, 2.05) is 46.0 Å². The molecule has 4 saturated heterocycles. The first-order valence-corrected chi connectivity index (χ1v) is 28.1. The van der Waals surface area contributed by atoms with Gasteiger partial charge in [-0.25, -0.2) is 9.36 Å². The lowest BCUT2D eigenvalue weighted by molar-refractivity contribution is -0.145. The molecular weight excluding hydrogens is 981 g/mol. The highest BCUT2D eigenvalue weighted by Crippen LogP contribution is 2.39. The van der Waals surface area contributed by atoms with Gasteiger partial charge >= 0.3 is 0 Å². The van der Waals surface area contributed by atoms with Crippen molar-refractivity contribution in [1.29, 1.82) is 0 Å². The van der Waals surface area contributed by atoms with Gasteiger partial charge in [0, 0.05) is 12.1 Å². The molecule has 2 aliphatic carbocycles. The molecule has 77 heavy (non-hydrogen) atoms. The monoisotopic (exact) mass is 1060 g/mol. The van der Waals surface area contributed by atoms with E-state index in [0.717, 1.165) is 49.7 Å². The van der Waals surface area contributed by atoms with Crippen LogP contribution in [-0.2, 0) is 59.6 Å². The van der Waals surface area contributed by atoms with Crippen LogP contribution in [0.5, 0.6) is 0 Å². The summed E-state index contributed by atoms with van der Waals surface area (Å²) in [4.78, 5) is 87.4. The Balaban J connectivity index is 0.788. The molecule has 4 aromatic rings. The zero-order valence-electron chi connectivity index (χ0n) is 44.9. The highest BCUT2D eigenvalue weighted by molar-refractivity contribution is 5.95. The number of carbonyl (C=O) groups excluding carboxylic acids is 6.